The number of rotatable bonds is 4. The molecule has 2 aliphatic heterocycles. The molecule has 8 nitrogen and oxygen atoms in total. The van der Waals surface area contributed by atoms with Crippen LogP contribution in [0.15, 0.2) is 41.5 Å². The molecule has 0 bridgehead atoms. The molecule has 0 saturated carbocycles. The van der Waals surface area contributed by atoms with Crippen LogP contribution in [-0.4, -0.2) is 34.0 Å². The van der Waals surface area contributed by atoms with Crippen LogP contribution in [0, 0.1) is 13.8 Å². The number of carbonyl (C=O) groups excluding carboxylic acids is 3. The third-order valence-electron chi connectivity index (χ3n) is 5.85. The van der Waals surface area contributed by atoms with Gasteiger partial charge in [-0.25, -0.2) is 0 Å². The maximum absolute atomic E-state index is 14.2. The van der Waals surface area contributed by atoms with Crippen LogP contribution in [0.4, 0.5) is 5.69 Å². The zero-order chi connectivity index (χ0) is 24.8. The molecular weight excluding hydrogens is 452 g/mol. The van der Waals surface area contributed by atoms with Gasteiger partial charge in [0.2, 0.25) is 16.7 Å². The Morgan fingerprint density at radius 3 is 2.50 bits per heavy atom. The van der Waals surface area contributed by atoms with Crippen molar-refractivity contribution in [2.45, 2.75) is 59.1 Å². The fraction of sp³-hybridized carbons (Fsp3) is 0.360. The smallest absolute Gasteiger partial charge is 0.271 e. The molecule has 1 unspecified atom stereocenters. The third-order valence-corrected chi connectivity index (χ3v) is 7.09. The topological polar surface area (TPSA) is 91.3 Å². The van der Waals surface area contributed by atoms with E-state index in [0.29, 0.717) is 11.3 Å². The number of carbonyl (C=O) groups is 3. The monoisotopic (exact) mass is 480 g/mol. The second-order valence-electron chi connectivity index (χ2n) is 8.73. The van der Waals surface area contributed by atoms with Crippen molar-refractivity contribution in [3.8, 4) is 5.75 Å². The molecule has 9 heteroatoms. The number of hydrogen-bond acceptors (Lipinski definition) is 6. The summed E-state index contributed by atoms with van der Waals surface area (Å²) in [4.78, 5) is 38.9. The van der Waals surface area contributed by atoms with E-state index in [1.807, 2.05) is 64.1 Å². The van der Waals surface area contributed by atoms with E-state index in [2.05, 4.69) is 10.4 Å². The van der Waals surface area contributed by atoms with E-state index >= 15 is 0 Å². The highest BCUT2D eigenvalue weighted by molar-refractivity contribution is 8.15. The van der Waals surface area contributed by atoms with Gasteiger partial charge in [0.15, 0.2) is 5.17 Å². The molecule has 1 spiro atoms. The van der Waals surface area contributed by atoms with E-state index in [1.54, 1.807) is 4.90 Å². The Morgan fingerprint density at radius 1 is 1.15 bits per heavy atom. The third kappa shape index (κ3) is 3.83. The molecule has 2 aromatic carbocycles. The molecule has 2 aromatic rings. The molecule has 1 N–H and O–H groups in total. The Balaban J connectivity index is 1.85. The van der Waals surface area contributed by atoms with Gasteiger partial charge in [-0.3, -0.25) is 14.4 Å². The molecule has 2 aliphatic rings. The van der Waals surface area contributed by atoms with E-state index in [0.717, 1.165) is 34.1 Å². The van der Waals surface area contributed by atoms with Crippen LogP contribution in [0.25, 0.3) is 0 Å². The number of anilines is 1. The quantitative estimate of drug-likeness (QED) is 0.719. The number of nitrogens with zero attached hydrogens (tertiary/aromatic N) is 3. The summed E-state index contributed by atoms with van der Waals surface area (Å²) in [5.41, 5.74) is 4.26. The van der Waals surface area contributed by atoms with Gasteiger partial charge in [0.05, 0.1) is 18.3 Å². The van der Waals surface area contributed by atoms with Crippen LogP contribution >= 0.6 is 11.8 Å². The van der Waals surface area contributed by atoms with E-state index < -0.39 is 10.8 Å². The number of hydrogen-bond donors (Lipinski definition) is 1. The maximum Gasteiger partial charge on any atom is 0.271 e. The van der Waals surface area contributed by atoms with Gasteiger partial charge in [-0.15, -0.1) is 5.10 Å². The minimum Gasteiger partial charge on any atom is -0.491 e. The van der Waals surface area contributed by atoms with Gasteiger partial charge in [-0.05, 0) is 56.7 Å². The van der Waals surface area contributed by atoms with Crippen molar-refractivity contribution in [3.05, 3.63) is 58.7 Å². The van der Waals surface area contributed by atoms with E-state index in [-0.39, 0.29) is 29.6 Å². The molecular formula is C25H28N4O4S. The van der Waals surface area contributed by atoms with Gasteiger partial charge in [0, 0.05) is 25.0 Å². The van der Waals surface area contributed by atoms with Gasteiger partial charge < -0.3 is 15.0 Å². The molecule has 4 rings (SSSR count). The van der Waals surface area contributed by atoms with Gasteiger partial charge in [-0.2, -0.15) is 5.01 Å². The van der Waals surface area contributed by atoms with E-state index in [9.17, 15) is 14.4 Å². The molecule has 1 atom stereocenters. The minimum absolute atomic E-state index is 0.0229. The summed E-state index contributed by atoms with van der Waals surface area (Å²) >= 11 is 1.08. The molecule has 178 valence electrons. The predicted octanol–water partition coefficient (Wildman–Crippen LogP) is 3.79. The molecule has 0 fully saturated rings. The molecule has 3 amide bonds. The number of thioether (sulfide) groups is 1. The molecule has 0 aromatic heterocycles. The second-order valence-corrected chi connectivity index (χ2v) is 9.91. The first kappa shape index (κ1) is 23.8. The van der Waals surface area contributed by atoms with Crippen molar-refractivity contribution < 1.29 is 19.1 Å². The van der Waals surface area contributed by atoms with Gasteiger partial charge >= 0.3 is 0 Å². The number of nitrogens with one attached hydrogen (secondary N) is 1. The van der Waals surface area contributed by atoms with Crippen LogP contribution in [0.3, 0.4) is 0 Å². The van der Waals surface area contributed by atoms with Crippen LogP contribution in [0.5, 0.6) is 5.75 Å². The largest absolute Gasteiger partial charge is 0.491 e. The molecule has 2 heterocycles. The van der Waals surface area contributed by atoms with Gasteiger partial charge in [-0.1, -0.05) is 30.3 Å². The first-order valence-corrected chi connectivity index (χ1v) is 11.9. The number of ether oxygens (including phenoxy) is 1. The number of fused-ring (bicyclic) bond motifs is 2. The first-order valence-electron chi connectivity index (χ1n) is 11.1. The minimum atomic E-state index is -1.43. The standard InChI is InChI=1S/C25H28N4O4S/c1-14(2)33-21-10-8-7-9-19(21)13-28-22-16(4)15(3)11-12-20(22)25(23(28)32)29(18(6)31)27-24(34-25)26-17(5)30/h7-12,14H,13H2,1-6H3,(H,26,27,30). The van der Waals surface area contributed by atoms with E-state index in [1.165, 1.54) is 18.9 Å². The van der Waals surface area contributed by atoms with Crippen LogP contribution in [0.2, 0.25) is 0 Å². The fourth-order valence-electron chi connectivity index (χ4n) is 4.31. The Bertz CT molecular complexity index is 1230. The number of para-hydroxylation sites is 1. The molecule has 0 saturated heterocycles. The van der Waals surface area contributed by atoms with Crippen molar-refractivity contribution in [1.82, 2.24) is 10.3 Å². The summed E-state index contributed by atoms with van der Waals surface area (Å²) < 4.78 is 5.99. The Labute approximate surface area is 203 Å². The summed E-state index contributed by atoms with van der Waals surface area (Å²) in [6, 6.07) is 11.5. The lowest BCUT2D eigenvalue weighted by molar-refractivity contribution is -0.139. The fourth-order valence-corrected chi connectivity index (χ4v) is 5.63. The summed E-state index contributed by atoms with van der Waals surface area (Å²) in [6.07, 6.45) is -0.0229. The highest BCUT2D eigenvalue weighted by atomic mass is 32.2. The second kappa shape index (κ2) is 8.79. The molecule has 0 radical (unpaired) electrons. The number of benzene rings is 2. The average Bonchev–Trinajstić information content (AvgIpc) is 3.23. The van der Waals surface area contributed by atoms with Crippen LogP contribution in [0.1, 0.15) is 49.9 Å². The van der Waals surface area contributed by atoms with E-state index in [4.69, 9.17) is 4.74 Å². The molecule has 0 aliphatic carbocycles. The number of aryl methyl sites for hydroxylation is 1. The summed E-state index contributed by atoms with van der Waals surface area (Å²) in [5.74, 6) is -0.305. The van der Waals surface area contributed by atoms with Gasteiger partial charge in [0.25, 0.3) is 5.91 Å². The Kier molecular flexibility index (Phi) is 6.16. The van der Waals surface area contributed by atoms with Crippen molar-refractivity contribution in [3.63, 3.8) is 0 Å². The average molecular weight is 481 g/mol. The Hall–Kier alpha value is -3.33. The predicted molar refractivity (Wildman–Crippen MR) is 132 cm³/mol. The summed E-state index contributed by atoms with van der Waals surface area (Å²) in [5, 5.41) is 8.37. The lowest BCUT2D eigenvalue weighted by Gasteiger charge is -2.29. The SMILES string of the molecule is CC(=O)NC1=NN(C(C)=O)C2(S1)C(=O)N(Cc1ccccc1OC(C)C)c1c2ccc(C)c1C. The highest BCUT2D eigenvalue weighted by Crippen LogP contribution is 2.56. The zero-order valence-corrected chi connectivity index (χ0v) is 20.9. The van der Waals surface area contributed by atoms with Crippen molar-refractivity contribution in [2.24, 2.45) is 5.10 Å². The highest BCUT2D eigenvalue weighted by Gasteiger charge is 2.61. The first-order chi connectivity index (χ1) is 16.1. The summed E-state index contributed by atoms with van der Waals surface area (Å²) in [7, 11) is 0. The van der Waals surface area contributed by atoms with Crippen molar-refractivity contribution in [1.29, 1.82) is 0 Å². The zero-order valence-electron chi connectivity index (χ0n) is 20.1. The van der Waals surface area contributed by atoms with Crippen molar-refractivity contribution >= 4 is 40.3 Å². The lowest BCUT2D eigenvalue weighted by Crippen LogP contribution is -2.48. The van der Waals surface area contributed by atoms with Crippen LogP contribution < -0.4 is 15.0 Å². The van der Waals surface area contributed by atoms with Crippen LogP contribution in [-0.2, 0) is 25.8 Å². The normalized spacial score (nSPS) is 19.0. The lowest BCUT2D eigenvalue weighted by atomic mass is 10.00. The van der Waals surface area contributed by atoms with Gasteiger partial charge in [0.1, 0.15) is 5.75 Å². The maximum atomic E-state index is 14.2. The number of amidine groups is 1. The van der Waals surface area contributed by atoms with Crippen molar-refractivity contribution in [2.75, 3.05) is 4.90 Å². The summed E-state index contributed by atoms with van der Waals surface area (Å²) in [6.45, 7) is 10.9. The number of amides is 3. The Morgan fingerprint density at radius 2 is 1.85 bits per heavy atom. The number of hydrazone groups is 1. The molecule has 34 heavy (non-hydrogen) atoms.